The van der Waals surface area contributed by atoms with Gasteiger partial charge in [-0.25, -0.2) is 16.8 Å². The second-order valence-corrected chi connectivity index (χ2v) is 11.7. The number of sulfone groups is 1. The maximum atomic E-state index is 13.0. The van der Waals surface area contributed by atoms with Crippen LogP contribution in [0.1, 0.15) is 31.2 Å². The van der Waals surface area contributed by atoms with Crippen LogP contribution in [0.3, 0.4) is 0 Å². The lowest BCUT2D eigenvalue weighted by atomic mass is 10.1. The summed E-state index contributed by atoms with van der Waals surface area (Å²) in [6.45, 7) is 2.86. The van der Waals surface area contributed by atoms with Gasteiger partial charge in [0, 0.05) is 25.9 Å². The molecule has 0 spiro atoms. The monoisotopic (exact) mass is 414 g/mol. The molecule has 0 N–H and O–H groups in total. The van der Waals surface area contributed by atoms with Gasteiger partial charge < -0.3 is 4.90 Å². The Kier molecular flexibility index (Phi) is 5.65. The van der Waals surface area contributed by atoms with Crippen LogP contribution in [0.5, 0.6) is 0 Å². The molecule has 0 aromatic heterocycles. The van der Waals surface area contributed by atoms with Crippen molar-refractivity contribution in [3.8, 4) is 0 Å². The van der Waals surface area contributed by atoms with E-state index in [9.17, 15) is 21.6 Å². The smallest absolute Gasteiger partial charge is 0.243 e. The molecule has 0 aliphatic carbocycles. The van der Waals surface area contributed by atoms with E-state index in [2.05, 4.69) is 0 Å². The molecule has 0 saturated carbocycles. The first-order valence-corrected chi connectivity index (χ1v) is 12.6. The summed E-state index contributed by atoms with van der Waals surface area (Å²) in [7, 11) is -6.85. The van der Waals surface area contributed by atoms with Gasteiger partial charge in [-0.2, -0.15) is 4.31 Å². The molecule has 1 aromatic carbocycles. The zero-order valence-corrected chi connectivity index (χ0v) is 17.3. The van der Waals surface area contributed by atoms with Crippen molar-refractivity contribution in [3.63, 3.8) is 0 Å². The first-order valence-electron chi connectivity index (χ1n) is 9.17. The Morgan fingerprint density at radius 3 is 2.30 bits per heavy atom. The highest BCUT2D eigenvalue weighted by atomic mass is 32.2. The van der Waals surface area contributed by atoms with Gasteiger partial charge in [-0.05, 0) is 50.3 Å². The Labute approximate surface area is 161 Å². The number of benzene rings is 1. The van der Waals surface area contributed by atoms with E-state index in [1.54, 1.807) is 23.1 Å². The minimum Gasteiger partial charge on any atom is -0.341 e. The van der Waals surface area contributed by atoms with Crippen LogP contribution in [0.15, 0.2) is 29.2 Å². The van der Waals surface area contributed by atoms with E-state index in [4.69, 9.17) is 0 Å². The summed E-state index contributed by atoms with van der Waals surface area (Å²) in [6.07, 6.45) is 3.17. The third-order valence-corrected chi connectivity index (χ3v) is 9.03. The summed E-state index contributed by atoms with van der Waals surface area (Å²) in [5.74, 6) is -0.212. The van der Waals surface area contributed by atoms with Crippen LogP contribution in [0.2, 0.25) is 0 Å². The van der Waals surface area contributed by atoms with Gasteiger partial charge in [0.25, 0.3) is 0 Å². The molecule has 0 bridgehead atoms. The Bertz CT molecular complexity index is 919. The van der Waals surface area contributed by atoms with E-state index in [1.165, 1.54) is 10.6 Å². The van der Waals surface area contributed by atoms with Crippen molar-refractivity contribution in [1.29, 1.82) is 0 Å². The van der Waals surface area contributed by atoms with Crippen molar-refractivity contribution in [1.82, 2.24) is 9.21 Å². The van der Waals surface area contributed by atoms with Gasteiger partial charge >= 0.3 is 0 Å². The normalized spacial score (nSPS) is 22.9. The van der Waals surface area contributed by atoms with Crippen LogP contribution in [-0.4, -0.2) is 69.1 Å². The lowest BCUT2D eigenvalue weighted by molar-refractivity contribution is -0.135. The molecule has 1 amide bonds. The molecule has 2 aliphatic rings. The maximum absolute atomic E-state index is 13.0. The summed E-state index contributed by atoms with van der Waals surface area (Å²) in [5.41, 5.74) is 0.848. The molecule has 0 radical (unpaired) electrons. The van der Waals surface area contributed by atoms with Crippen LogP contribution in [0, 0.1) is 6.92 Å². The number of likely N-dealkylation sites (tertiary alicyclic amines) is 1. The maximum Gasteiger partial charge on any atom is 0.243 e. The molecule has 7 nitrogen and oxygen atoms in total. The molecule has 1 atom stereocenters. The molecule has 3 rings (SSSR count). The van der Waals surface area contributed by atoms with Crippen LogP contribution in [-0.2, 0) is 24.7 Å². The Morgan fingerprint density at radius 2 is 1.70 bits per heavy atom. The zero-order chi connectivity index (χ0) is 19.8. The first kappa shape index (κ1) is 20.3. The molecular weight excluding hydrogens is 388 g/mol. The van der Waals surface area contributed by atoms with E-state index in [0.29, 0.717) is 45.3 Å². The number of hydrogen-bond donors (Lipinski definition) is 0. The van der Waals surface area contributed by atoms with Crippen LogP contribution in [0.25, 0.3) is 0 Å². The lowest BCUT2D eigenvalue weighted by Crippen LogP contribution is -2.51. The second kappa shape index (κ2) is 7.52. The lowest BCUT2D eigenvalue weighted by Gasteiger charge is -2.34. The number of sulfonamides is 1. The molecule has 2 saturated heterocycles. The summed E-state index contributed by atoms with van der Waals surface area (Å²) in [4.78, 5) is 14.8. The van der Waals surface area contributed by atoms with E-state index in [0.717, 1.165) is 5.56 Å². The fraction of sp³-hybridized carbons (Fsp3) is 0.611. The minimum atomic E-state index is -3.74. The average Bonchev–Trinajstić information content (AvgIpc) is 3.11. The molecule has 2 fully saturated rings. The van der Waals surface area contributed by atoms with Gasteiger partial charge in [0.15, 0.2) is 0 Å². The quantitative estimate of drug-likeness (QED) is 0.738. The molecule has 9 heteroatoms. The van der Waals surface area contributed by atoms with E-state index in [-0.39, 0.29) is 10.8 Å². The molecule has 27 heavy (non-hydrogen) atoms. The number of carbonyl (C=O) groups excluding carboxylic acids is 1. The van der Waals surface area contributed by atoms with Gasteiger partial charge in [-0.15, -0.1) is 0 Å². The number of carbonyl (C=O) groups is 1. The number of rotatable bonds is 4. The van der Waals surface area contributed by atoms with Crippen molar-refractivity contribution >= 4 is 25.8 Å². The van der Waals surface area contributed by atoms with Gasteiger partial charge in [-0.1, -0.05) is 12.1 Å². The summed E-state index contributed by atoms with van der Waals surface area (Å²) in [6, 6.07) is 6.00. The number of piperidine rings is 1. The van der Waals surface area contributed by atoms with Crippen molar-refractivity contribution in [2.24, 2.45) is 0 Å². The number of aryl methyl sites for hydroxylation is 1. The van der Waals surface area contributed by atoms with E-state index < -0.39 is 31.2 Å². The highest BCUT2D eigenvalue weighted by Crippen LogP contribution is 2.29. The Hall–Kier alpha value is -1.45. The fourth-order valence-corrected chi connectivity index (χ4v) is 6.72. The summed E-state index contributed by atoms with van der Waals surface area (Å²) < 4.78 is 50.8. The van der Waals surface area contributed by atoms with Crippen LogP contribution in [0.4, 0.5) is 0 Å². The van der Waals surface area contributed by atoms with Crippen LogP contribution < -0.4 is 0 Å². The number of nitrogens with zero attached hydrogens (tertiary/aromatic N) is 2. The Balaban J connectivity index is 1.76. The van der Waals surface area contributed by atoms with Crippen molar-refractivity contribution in [2.75, 3.05) is 25.9 Å². The van der Waals surface area contributed by atoms with Crippen LogP contribution >= 0.6 is 0 Å². The molecule has 2 aliphatic heterocycles. The number of amides is 1. The van der Waals surface area contributed by atoms with E-state index in [1.807, 2.05) is 13.0 Å². The van der Waals surface area contributed by atoms with Gasteiger partial charge in [0.05, 0.1) is 10.1 Å². The van der Waals surface area contributed by atoms with Gasteiger partial charge in [-0.3, -0.25) is 4.79 Å². The highest BCUT2D eigenvalue weighted by molar-refractivity contribution is 7.91. The predicted octanol–water partition coefficient (Wildman–Crippen LogP) is 1.18. The van der Waals surface area contributed by atoms with Crippen molar-refractivity contribution in [3.05, 3.63) is 29.8 Å². The third-order valence-electron chi connectivity index (χ3n) is 5.44. The molecule has 2 heterocycles. The summed E-state index contributed by atoms with van der Waals surface area (Å²) in [5, 5.41) is -0.419. The molecule has 150 valence electrons. The standard InChI is InChI=1S/C18H26N2O5S2/c1-14-5-3-6-16(13-14)27(24,25)20-10-4-7-17(20)18(21)19-11-8-15(9-12-19)26(2,22)23/h3,5-6,13,15,17H,4,7-12H2,1-2H3. The average molecular weight is 415 g/mol. The highest BCUT2D eigenvalue weighted by Gasteiger charge is 2.42. The Morgan fingerprint density at radius 1 is 1.04 bits per heavy atom. The second-order valence-electron chi connectivity index (χ2n) is 7.44. The molecular formula is C18H26N2O5S2. The first-order chi connectivity index (χ1) is 12.6. The van der Waals surface area contributed by atoms with Crippen molar-refractivity contribution < 1.29 is 21.6 Å². The molecule has 1 unspecified atom stereocenters. The van der Waals surface area contributed by atoms with E-state index >= 15 is 0 Å². The third kappa shape index (κ3) is 4.20. The van der Waals surface area contributed by atoms with Gasteiger partial charge in [0.2, 0.25) is 15.9 Å². The number of hydrogen-bond acceptors (Lipinski definition) is 5. The zero-order valence-electron chi connectivity index (χ0n) is 15.7. The largest absolute Gasteiger partial charge is 0.341 e. The topological polar surface area (TPSA) is 91.8 Å². The molecule has 1 aromatic rings. The predicted molar refractivity (Wildman–Crippen MR) is 103 cm³/mol. The SMILES string of the molecule is Cc1cccc(S(=O)(=O)N2CCCC2C(=O)N2CCC(S(C)(=O)=O)CC2)c1. The van der Waals surface area contributed by atoms with Crippen molar-refractivity contribution in [2.45, 2.75) is 48.8 Å². The van der Waals surface area contributed by atoms with Gasteiger partial charge in [0.1, 0.15) is 15.9 Å². The fourth-order valence-electron chi connectivity index (χ4n) is 3.90. The summed E-state index contributed by atoms with van der Waals surface area (Å²) >= 11 is 0. The minimum absolute atomic E-state index is 0.206.